The van der Waals surface area contributed by atoms with E-state index in [0.717, 1.165) is 16.6 Å². The van der Waals surface area contributed by atoms with E-state index < -0.39 is 12.1 Å². The van der Waals surface area contributed by atoms with Gasteiger partial charge in [-0.1, -0.05) is 72.8 Å². The summed E-state index contributed by atoms with van der Waals surface area (Å²) in [6.07, 6.45) is -0.131. The number of fused-ring (bicyclic) bond motifs is 1. The van der Waals surface area contributed by atoms with E-state index in [-0.39, 0.29) is 24.3 Å². The largest absolute Gasteiger partial charge is 0.453 e. The van der Waals surface area contributed by atoms with Crippen molar-refractivity contribution < 1.29 is 14.3 Å². The fourth-order valence-electron chi connectivity index (χ4n) is 4.29. The minimum atomic E-state index is -0.923. The summed E-state index contributed by atoms with van der Waals surface area (Å²) in [5, 5.41) is 0. The Morgan fingerprint density at radius 1 is 0.892 bits per heavy atom. The number of ether oxygens (including phenoxy) is 1. The summed E-state index contributed by atoms with van der Waals surface area (Å²) >= 11 is 0. The molecule has 1 amide bonds. The number of nitrogens with zero attached hydrogens (tertiary/aromatic N) is 3. The Bertz CT molecular complexity index is 1420. The Morgan fingerprint density at radius 2 is 1.51 bits per heavy atom. The van der Waals surface area contributed by atoms with E-state index in [9.17, 15) is 14.4 Å². The fraction of sp³-hybridized carbons (Fsp3) is 0.267. The van der Waals surface area contributed by atoms with Crippen molar-refractivity contribution in [3.05, 3.63) is 112 Å². The molecular formula is C30H31N3O4. The number of carbonyl (C=O) groups is 2. The Hall–Kier alpha value is -4.26. The van der Waals surface area contributed by atoms with Crippen LogP contribution in [0, 0.1) is 0 Å². The molecule has 7 nitrogen and oxygen atoms in total. The average molecular weight is 498 g/mol. The van der Waals surface area contributed by atoms with Crippen LogP contribution < -0.4 is 5.56 Å². The number of rotatable bonds is 10. The highest BCUT2D eigenvalue weighted by atomic mass is 16.5. The molecule has 0 saturated heterocycles. The van der Waals surface area contributed by atoms with Gasteiger partial charge in [0.05, 0.1) is 17.5 Å². The first-order chi connectivity index (χ1) is 17.9. The molecule has 0 aliphatic carbocycles. The third-order valence-electron chi connectivity index (χ3n) is 6.25. The highest BCUT2D eigenvalue weighted by Crippen LogP contribution is 2.13. The lowest BCUT2D eigenvalue weighted by Crippen LogP contribution is -2.37. The van der Waals surface area contributed by atoms with Crippen LogP contribution in [-0.4, -0.2) is 39.5 Å². The maximum Gasteiger partial charge on any atom is 0.306 e. The van der Waals surface area contributed by atoms with Crippen LogP contribution in [0.2, 0.25) is 0 Å². The van der Waals surface area contributed by atoms with Crippen molar-refractivity contribution in [2.24, 2.45) is 0 Å². The molecule has 0 N–H and O–H groups in total. The van der Waals surface area contributed by atoms with Gasteiger partial charge in [0.15, 0.2) is 6.10 Å². The molecule has 4 rings (SSSR count). The van der Waals surface area contributed by atoms with Crippen LogP contribution in [0.25, 0.3) is 11.0 Å². The van der Waals surface area contributed by atoms with Gasteiger partial charge in [-0.05, 0) is 36.6 Å². The number of amides is 1. The van der Waals surface area contributed by atoms with Crippen LogP contribution in [0.4, 0.5) is 0 Å². The van der Waals surface area contributed by atoms with Crippen LogP contribution in [0.15, 0.2) is 89.7 Å². The number of carbonyl (C=O) groups excluding carboxylic acids is 2. The van der Waals surface area contributed by atoms with Gasteiger partial charge in [0.25, 0.3) is 11.5 Å². The summed E-state index contributed by atoms with van der Waals surface area (Å²) in [7, 11) is 1.68. The zero-order chi connectivity index (χ0) is 26.2. The lowest BCUT2D eigenvalue weighted by atomic mass is 10.1. The quantitative estimate of drug-likeness (QED) is 0.307. The van der Waals surface area contributed by atoms with Crippen molar-refractivity contribution >= 4 is 22.9 Å². The number of hydrogen-bond donors (Lipinski definition) is 0. The second kappa shape index (κ2) is 12.1. The van der Waals surface area contributed by atoms with Crippen LogP contribution in [0.1, 0.15) is 30.2 Å². The van der Waals surface area contributed by atoms with Crippen molar-refractivity contribution in [1.82, 2.24) is 14.5 Å². The number of likely N-dealkylation sites (N-methyl/N-ethyl adjacent to an activating group) is 1. The van der Waals surface area contributed by atoms with Crippen molar-refractivity contribution in [3.8, 4) is 0 Å². The number of hydrogen-bond acceptors (Lipinski definition) is 5. The SMILES string of the molecule is CC(OC(=O)CCc1nc2ccccc2n(CCc2ccccc2)c1=O)C(=O)N(C)Cc1ccccc1. The van der Waals surface area contributed by atoms with Gasteiger partial charge in [0.2, 0.25) is 0 Å². The molecule has 3 aromatic carbocycles. The van der Waals surface area contributed by atoms with Crippen molar-refractivity contribution in [2.45, 2.75) is 45.4 Å². The van der Waals surface area contributed by atoms with E-state index in [0.29, 0.717) is 30.7 Å². The number of aromatic nitrogens is 2. The molecule has 1 unspecified atom stereocenters. The van der Waals surface area contributed by atoms with E-state index >= 15 is 0 Å². The molecule has 1 atom stereocenters. The maximum atomic E-state index is 13.3. The van der Waals surface area contributed by atoms with Gasteiger partial charge in [-0.3, -0.25) is 14.4 Å². The zero-order valence-corrected chi connectivity index (χ0v) is 21.2. The number of para-hydroxylation sites is 2. The van der Waals surface area contributed by atoms with Crippen LogP contribution in [0.5, 0.6) is 0 Å². The number of benzene rings is 3. The van der Waals surface area contributed by atoms with Gasteiger partial charge >= 0.3 is 5.97 Å². The Kier molecular flexibility index (Phi) is 8.46. The molecule has 0 spiro atoms. The Balaban J connectivity index is 1.40. The van der Waals surface area contributed by atoms with E-state index in [1.54, 1.807) is 18.5 Å². The molecule has 0 aliphatic heterocycles. The first kappa shape index (κ1) is 25.8. The van der Waals surface area contributed by atoms with Gasteiger partial charge in [-0.2, -0.15) is 0 Å². The normalized spacial score (nSPS) is 11.7. The van der Waals surface area contributed by atoms with E-state index in [2.05, 4.69) is 4.98 Å². The average Bonchev–Trinajstić information content (AvgIpc) is 2.92. The minimum Gasteiger partial charge on any atom is -0.453 e. The summed E-state index contributed by atoms with van der Waals surface area (Å²) in [6, 6.07) is 27.1. The molecule has 0 saturated carbocycles. The first-order valence-electron chi connectivity index (χ1n) is 12.4. The van der Waals surface area contributed by atoms with Gasteiger partial charge in [-0.15, -0.1) is 0 Å². The summed E-state index contributed by atoms with van der Waals surface area (Å²) < 4.78 is 7.11. The van der Waals surface area contributed by atoms with Crippen molar-refractivity contribution in [2.75, 3.05) is 7.05 Å². The molecule has 4 aromatic rings. The molecule has 7 heteroatoms. The summed E-state index contributed by atoms with van der Waals surface area (Å²) in [4.78, 5) is 44.6. The maximum absolute atomic E-state index is 13.3. The monoisotopic (exact) mass is 497 g/mol. The number of aryl methyl sites for hydroxylation is 3. The predicted octanol–water partition coefficient (Wildman–Crippen LogP) is 4.16. The first-order valence-corrected chi connectivity index (χ1v) is 12.4. The molecule has 0 fully saturated rings. The third-order valence-corrected chi connectivity index (χ3v) is 6.25. The zero-order valence-electron chi connectivity index (χ0n) is 21.2. The predicted molar refractivity (Wildman–Crippen MR) is 143 cm³/mol. The van der Waals surface area contributed by atoms with Crippen LogP contribution in [-0.2, 0) is 40.3 Å². The smallest absolute Gasteiger partial charge is 0.306 e. The fourth-order valence-corrected chi connectivity index (χ4v) is 4.29. The third kappa shape index (κ3) is 6.70. The molecule has 0 radical (unpaired) electrons. The standard InChI is InChI=1S/C30H31N3O4/c1-22(29(35)32(2)21-24-13-7-4-8-14-24)37-28(34)18-17-26-30(36)33(20-19-23-11-5-3-6-12-23)27-16-10-9-15-25(27)31-26/h3-16,22H,17-21H2,1-2H3. The van der Waals surface area contributed by atoms with Gasteiger partial charge in [-0.25, -0.2) is 4.98 Å². The molecule has 0 bridgehead atoms. The van der Waals surface area contributed by atoms with Crippen molar-refractivity contribution in [1.29, 1.82) is 0 Å². The minimum absolute atomic E-state index is 0.0424. The molecule has 1 aromatic heterocycles. The van der Waals surface area contributed by atoms with E-state index in [1.807, 2.05) is 84.9 Å². The lowest BCUT2D eigenvalue weighted by molar-refractivity contribution is -0.158. The van der Waals surface area contributed by atoms with E-state index in [1.165, 1.54) is 4.90 Å². The number of esters is 1. The van der Waals surface area contributed by atoms with Crippen LogP contribution in [0.3, 0.4) is 0 Å². The molecule has 1 heterocycles. The van der Waals surface area contributed by atoms with Crippen LogP contribution >= 0.6 is 0 Å². The van der Waals surface area contributed by atoms with Gasteiger partial charge < -0.3 is 14.2 Å². The summed E-state index contributed by atoms with van der Waals surface area (Å²) in [6.45, 7) is 2.49. The summed E-state index contributed by atoms with van der Waals surface area (Å²) in [5.41, 5.74) is 3.68. The topological polar surface area (TPSA) is 81.5 Å². The molecule has 37 heavy (non-hydrogen) atoms. The van der Waals surface area contributed by atoms with Gasteiger partial charge in [0, 0.05) is 26.6 Å². The second-order valence-corrected chi connectivity index (χ2v) is 9.05. The summed E-state index contributed by atoms with van der Waals surface area (Å²) in [5.74, 6) is -0.830. The molecule has 0 aliphatic rings. The Labute approximate surface area is 216 Å². The second-order valence-electron chi connectivity index (χ2n) is 9.05. The van der Waals surface area contributed by atoms with E-state index in [4.69, 9.17) is 4.74 Å². The molecule has 190 valence electrons. The van der Waals surface area contributed by atoms with Crippen molar-refractivity contribution in [3.63, 3.8) is 0 Å². The highest BCUT2D eigenvalue weighted by molar-refractivity contribution is 5.83. The highest BCUT2D eigenvalue weighted by Gasteiger charge is 2.22. The van der Waals surface area contributed by atoms with Gasteiger partial charge in [0.1, 0.15) is 5.69 Å². The Morgan fingerprint density at radius 3 is 2.22 bits per heavy atom. The molecular weight excluding hydrogens is 466 g/mol. The lowest BCUT2D eigenvalue weighted by Gasteiger charge is -2.21.